The van der Waals surface area contributed by atoms with Crippen LogP contribution in [0.1, 0.15) is 43.0 Å². The average molecular weight is 358 g/mol. The Kier molecular flexibility index (Phi) is 6.45. The summed E-state index contributed by atoms with van der Waals surface area (Å²) >= 11 is 0. The maximum Gasteiger partial charge on any atom is 0.293 e. The lowest BCUT2D eigenvalue weighted by atomic mass is 9.87. The highest BCUT2D eigenvalue weighted by molar-refractivity contribution is 6.02. The van der Waals surface area contributed by atoms with E-state index >= 15 is 0 Å². The second-order valence-electron chi connectivity index (χ2n) is 6.88. The number of nitro groups is 1. The number of carbonyl (C=O) groups is 1. The number of amides is 1. The van der Waals surface area contributed by atoms with Crippen molar-refractivity contribution < 1.29 is 9.72 Å². The molecule has 2 rings (SSSR count). The van der Waals surface area contributed by atoms with Crippen LogP contribution in [0.4, 0.5) is 17.1 Å². The van der Waals surface area contributed by atoms with Gasteiger partial charge in [-0.2, -0.15) is 0 Å². The third-order valence-electron chi connectivity index (χ3n) is 4.92. The molecule has 1 aliphatic rings. The van der Waals surface area contributed by atoms with Gasteiger partial charge in [-0.1, -0.05) is 12.8 Å². The number of benzene rings is 1. The Balaban J connectivity index is 2.36. The molecule has 0 radical (unpaired) electrons. The van der Waals surface area contributed by atoms with E-state index in [2.05, 4.69) is 23.5 Å². The lowest BCUT2D eigenvalue weighted by Gasteiger charge is -2.28. The normalized spacial score (nSPS) is 19.3. The second-order valence-corrected chi connectivity index (χ2v) is 6.88. The number of terminal acetylenes is 1. The van der Waals surface area contributed by atoms with Crippen molar-refractivity contribution in [3.8, 4) is 12.3 Å². The van der Waals surface area contributed by atoms with Gasteiger partial charge < -0.3 is 15.5 Å². The van der Waals surface area contributed by atoms with E-state index in [0.29, 0.717) is 23.8 Å². The van der Waals surface area contributed by atoms with Crippen LogP contribution in [0.3, 0.4) is 0 Å². The number of carbonyl (C=O) groups excluding carboxylic acids is 1. The first-order valence-corrected chi connectivity index (χ1v) is 8.83. The zero-order valence-corrected chi connectivity index (χ0v) is 15.5. The Morgan fingerprint density at radius 2 is 2.04 bits per heavy atom. The van der Waals surface area contributed by atoms with E-state index in [1.807, 2.05) is 0 Å². The van der Waals surface area contributed by atoms with Crippen LogP contribution in [-0.4, -0.2) is 37.5 Å². The molecule has 0 unspecified atom stereocenters. The predicted molar refractivity (Wildman–Crippen MR) is 104 cm³/mol. The summed E-state index contributed by atoms with van der Waals surface area (Å²) in [6.07, 6.45) is 9.40. The SMILES string of the molecule is C#CCN(C)c1cc(NC)c([N+](=O)[O-])cc1C(=O)NC1CCC(C)CC1. The molecule has 0 spiro atoms. The van der Waals surface area contributed by atoms with Crippen molar-refractivity contribution in [2.24, 2.45) is 5.92 Å². The third kappa shape index (κ3) is 4.45. The van der Waals surface area contributed by atoms with E-state index in [1.54, 1.807) is 25.1 Å². The fourth-order valence-corrected chi connectivity index (χ4v) is 3.32. The number of hydrogen-bond donors (Lipinski definition) is 2. The van der Waals surface area contributed by atoms with Crippen LogP contribution in [0.5, 0.6) is 0 Å². The molecule has 1 aliphatic carbocycles. The van der Waals surface area contributed by atoms with E-state index in [9.17, 15) is 14.9 Å². The molecule has 1 fully saturated rings. The van der Waals surface area contributed by atoms with Gasteiger partial charge in [0.1, 0.15) is 5.69 Å². The van der Waals surface area contributed by atoms with Gasteiger partial charge in [0.2, 0.25) is 0 Å². The number of nitrogens with one attached hydrogen (secondary N) is 2. The monoisotopic (exact) mass is 358 g/mol. The molecule has 0 bridgehead atoms. The van der Waals surface area contributed by atoms with Crippen LogP contribution >= 0.6 is 0 Å². The first-order chi connectivity index (χ1) is 12.4. The largest absolute Gasteiger partial charge is 0.383 e. The van der Waals surface area contributed by atoms with Gasteiger partial charge in [-0.25, -0.2) is 0 Å². The fourth-order valence-electron chi connectivity index (χ4n) is 3.32. The average Bonchev–Trinajstić information content (AvgIpc) is 2.62. The van der Waals surface area contributed by atoms with Crippen molar-refractivity contribution in [3.63, 3.8) is 0 Å². The van der Waals surface area contributed by atoms with Crippen LogP contribution in [0.15, 0.2) is 12.1 Å². The predicted octanol–water partition coefficient (Wildman–Crippen LogP) is 3.01. The lowest BCUT2D eigenvalue weighted by molar-refractivity contribution is -0.383. The van der Waals surface area contributed by atoms with Gasteiger partial charge in [-0.05, 0) is 37.7 Å². The maximum atomic E-state index is 12.9. The van der Waals surface area contributed by atoms with E-state index in [1.165, 1.54) is 6.07 Å². The van der Waals surface area contributed by atoms with Crippen LogP contribution in [0, 0.1) is 28.4 Å². The highest BCUT2D eigenvalue weighted by Gasteiger charge is 2.26. The van der Waals surface area contributed by atoms with Gasteiger partial charge in [0.15, 0.2) is 0 Å². The maximum absolute atomic E-state index is 12.9. The Morgan fingerprint density at radius 1 is 1.38 bits per heavy atom. The number of nitro benzene ring substituents is 1. The van der Waals surface area contributed by atoms with Gasteiger partial charge >= 0.3 is 0 Å². The molecule has 0 heterocycles. The molecule has 1 saturated carbocycles. The smallest absolute Gasteiger partial charge is 0.293 e. The van der Waals surface area contributed by atoms with Crippen molar-refractivity contribution in [2.45, 2.75) is 38.6 Å². The topological polar surface area (TPSA) is 87.5 Å². The summed E-state index contributed by atoms with van der Waals surface area (Å²) < 4.78 is 0. The second kappa shape index (κ2) is 8.56. The molecule has 1 aromatic carbocycles. The minimum atomic E-state index is -0.490. The van der Waals surface area contributed by atoms with Gasteiger partial charge in [-0.15, -0.1) is 6.42 Å². The number of hydrogen-bond acceptors (Lipinski definition) is 5. The highest BCUT2D eigenvalue weighted by Crippen LogP contribution is 2.33. The molecular weight excluding hydrogens is 332 g/mol. The molecule has 7 nitrogen and oxygen atoms in total. The third-order valence-corrected chi connectivity index (χ3v) is 4.92. The summed E-state index contributed by atoms with van der Waals surface area (Å²) in [5.41, 5.74) is 1.05. The van der Waals surface area contributed by atoms with E-state index in [4.69, 9.17) is 6.42 Å². The summed E-state index contributed by atoms with van der Waals surface area (Å²) in [7, 11) is 3.37. The van der Waals surface area contributed by atoms with Crippen molar-refractivity contribution >= 4 is 23.0 Å². The molecule has 0 aliphatic heterocycles. The first kappa shape index (κ1) is 19.6. The molecular formula is C19H26N4O3. The molecule has 0 atom stereocenters. The van der Waals surface area contributed by atoms with E-state index < -0.39 is 4.92 Å². The summed E-state index contributed by atoms with van der Waals surface area (Å²) in [5, 5.41) is 17.2. The Morgan fingerprint density at radius 3 is 2.58 bits per heavy atom. The van der Waals surface area contributed by atoms with Crippen molar-refractivity contribution in [1.29, 1.82) is 0 Å². The quantitative estimate of drug-likeness (QED) is 0.464. The van der Waals surface area contributed by atoms with Gasteiger partial charge in [0.25, 0.3) is 11.6 Å². The van der Waals surface area contributed by atoms with E-state index in [-0.39, 0.29) is 23.2 Å². The molecule has 0 aromatic heterocycles. The van der Waals surface area contributed by atoms with Gasteiger partial charge in [-0.3, -0.25) is 14.9 Å². The summed E-state index contributed by atoms with van der Waals surface area (Å²) in [5.74, 6) is 2.91. The van der Waals surface area contributed by atoms with Crippen molar-refractivity contribution in [3.05, 3.63) is 27.8 Å². The zero-order chi connectivity index (χ0) is 19.3. The van der Waals surface area contributed by atoms with Crippen LogP contribution < -0.4 is 15.5 Å². The standard InChI is InChI=1S/C19H26N4O3/c1-5-10-22(4)17-12-16(20-3)18(23(25)26)11-15(17)19(24)21-14-8-6-13(2)7-9-14/h1,11-14,20H,6-10H2,2-4H3,(H,21,24). The van der Waals surface area contributed by atoms with Gasteiger partial charge in [0, 0.05) is 26.2 Å². The van der Waals surface area contributed by atoms with Crippen LogP contribution in [0.25, 0.3) is 0 Å². The molecule has 1 amide bonds. The summed E-state index contributed by atoms with van der Waals surface area (Å²) in [4.78, 5) is 25.5. The Hall–Kier alpha value is -2.75. The van der Waals surface area contributed by atoms with E-state index in [0.717, 1.165) is 25.7 Å². The van der Waals surface area contributed by atoms with Crippen molar-refractivity contribution in [2.75, 3.05) is 30.9 Å². The Labute approximate surface area is 154 Å². The molecule has 1 aromatic rings. The summed E-state index contributed by atoms with van der Waals surface area (Å²) in [6, 6.07) is 3.04. The minimum absolute atomic E-state index is 0.104. The lowest BCUT2D eigenvalue weighted by Crippen LogP contribution is -2.38. The minimum Gasteiger partial charge on any atom is -0.383 e. The molecule has 140 valence electrons. The van der Waals surface area contributed by atoms with Crippen LogP contribution in [-0.2, 0) is 0 Å². The first-order valence-electron chi connectivity index (χ1n) is 8.83. The number of nitrogens with zero attached hydrogens (tertiary/aromatic N) is 2. The molecule has 0 saturated heterocycles. The summed E-state index contributed by atoms with van der Waals surface area (Å²) in [6.45, 7) is 2.51. The number of rotatable bonds is 6. The zero-order valence-electron chi connectivity index (χ0n) is 15.5. The van der Waals surface area contributed by atoms with Gasteiger partial charge in [0.05, 0.1) is 22.7 Å². The molecule has 26 heavy (non-hydrogen) atoms. The molecule has 7 heteroatoms. The number of anilines is 2. The Bertz CT molecular complexity index is 718. The molecule has 2 N–H and O–H groups in total. The van der Waals surface area contributed by atoms with Crippen LogP contribution in [0.2, 0.25) is 0 Å². The van der Waals surface area contributed by atoms with Crippen molar-refractivity contribution in [1.82, 2.24) is 5.32 Å². The fraction of sp³-hybridized carbons (Fsp3) is 0.526. The highest BCUT2D eigenvalue weighted by atomic mass is 16.6.